The Morgan fingerprint density at radius 1 is 1.19 bits per heavy atom. The minimum absolute atomic E-state index is 0.0870. The number of pyridine rings is 1. The highest BCUT2D eigenvalue weighted by atomic mass is 19.4. The summed E-state index contributed by atoms with van der Waals surface area (Å²) in [4.78, 5) is 18.4. The number of amides is 1. The molecule has 0 radical (unpaired) electrons. The van der Waals surface area contributed by atoms with Gasteiger partial charge < -0.3 is 9.64 Å². The molecular weight excluding hydrogens is 409 g/mol. The first kappa shape index (κ1) is 20.9. The molecule has 0 saturated carbocycles. The molecule has 1 saturated heterocycles. The molecule has 1 unspecified atom stereocenters. The van der Waals surface area contributed by atoms with Gasteiger partial charge in [0, 0.05) is 37.3 Å². The molecule has 1 fully saturated rings. The van der Waals surface area contributed by atoms with Crippen LogP contribution < -0.4 is 4.74 Å². The van der Waals surface area contributed by atoms with E-state index in [2.05, 4.69) is 15.2 Å². The van der Waals surface area contributed by atoms with Gasteiger partial charge >= 0.3 is 6.18 Å². The Labute approximate surface area is 177 Å². The summed E-state index contributed by atoms with van der Waals surface area (Å²) in [6.45, 7) is 1.26. The molecule has 2 aromatic heterocycles. The number of alkyl halides is 3. The van der Waals surface area contributed by atoms with Crippen molar-refractivity contribution in [1.29, 1.82) is 0 Å². The van der Waals surface area contributed by atoms with Gasteiger partial charge in [-0.3, -0.25) is 14.9 Å². The summed E-state index contributed by atoms with van der Waals surface area (Å²) in [6.07, 6.45) is -1.68. The SMILES string of the molecule is O=C(c1ccccn1)N1CCC(c2cc(CCOc3ccccc3C(F)(F)F)[nH]n2)C1. The quantitative estimate of drug-likeness (QED) is 0.640. The molecule has 0 aliphatic carbocycles. The van der Waals surface area contributed by atoms with Crippen molar-refractivity contribution in [1.82, 2.24) is 20.1 Å². The van der Waals surface area contributed by atoms with E-state index in [1.54, 1.807) is 29.3 Å². The Balaban J connectivity index is 1.32. The summed E-state index contributed by atoms with van der Waals surface area (Å²) in [5.74, 6) is -0.186. The molecule has 1 aliphatic rings. The number of nitrogens with zero attached hydrogens (tertiary/aromatic N) is 3. The number of hydrogen-bond acceptors (Lipinski definition) is 4. The van der Waals surface area contributed by atoms with E-state index in [1.165, 1.54) is 18.2 Å². The number of benzene rings is 1. The van der Waals surface area contributed by atoms with Gasteiger partial charge in [0.1, 0.15) is 11.4 Å². The first-order valence-corrected chi connectivity index (χ1v) is 9.95. The van der Waals surface area contributed by atoms with Crippen LogP contribution in [0.1, 0.15) is 39.8 Å². The largest absolute Gasteiger partial charge is 0.493 e. The van der Waals surface area contributed by atoms with E-state index in [4.69, 9.17) is 4.74 Å². The maximum absolute atomic E-state index is 13.0. The zero-order valence-corrected chi connectivity index (χ0v) is 16.6. The molecule has 1 atom stereocenters. The molecule has 3 heterocycles. The Kier molecular flexibility index (Phi) is 5.92. The number of nitrogens with one attached hydrogen (secondary N) is 1. The second-order valence-electron chi connectivity index (χ2n) is 7.36. The molecule has 1 aliphatic heterocycles. The average molecular weight is 430 g/mol. The Hall–Kier alpha value is -3.36. The highest BCUT2D eigenvalue weighted by Gasteiger charge is 2.34. The summed E-state index contributed by atoms with van der Waals surface area (Å²) in [5, 5.41) is 7.25. The van der Waals surface area contributed by atoms with Gasteiger partial charge in [-0.1, -0.05) is 18.2 Å². The van der Waals surface area contributed by atoms with Crippen LogP contribution in [0, 0.1) is 0 Å². The standard InChI is InChI=1S/C22H21F3N4O2/c23-22(24,25)17-5-1-2-7-20(17)31-12-9-16-13-19(28-27-16)15-8-11-29(14-15)21(30)18-6-3-4-10-26-18/h1-7,10,13,15H,8-9,11-12,14H2,(H,27,28). The first-order valence-electron chi connectivity index (χ1n) is 9.95. The number of carbonyl (C=O) groups is 1. The average Bonchev–Trinajstić information content (AvgIpc) is 3.43. The minimum Gasteiger partial charge on any atom is -0.493 e. The van der Waals surface area contributed by atoms with Crippen LogP contribution in [-0.4, -0.2) is 45.7 Å². The minimum atomic E-state index is -4.46. The van der Waals surface area contributed by atoms with Crippen molar-refractivity contribution in [3.63, 3.8) is 0 Å². The molecule has 162 valence electrons. The lowest BCUT2D eigenvalue weighted by molar-refractivity contribution is -0.138. The van der Waals surface area contributed by atoms with Crippen LogP contribution in [0.15, 0.2) is 54.7 Å². The highest BCUT2D eigenvalue weighted by Crippen LogP contribution is 2.36. The van der Waals surface area contributed by atoms with Crippen LogP contribution in [0.25, 0.3) is 0 Å². The molecule has 1 N–H and O–H groups in total. The number of aromatic nitrogens is 3. The van der Waals surface area contributed by atoms with E-state index in [-0.39, 0.29) is 24.2 Å². The number of likely N-dealkylation sites (tertiary alicyclic amines) is 1. The summed E-state index contributed by atoms with van der Waals surface area (Å²) in [6, 6.07) is 12.3. The third-order valence-electron chi connectivity index (χ3n) is 5.25. The summed E-state index contributed by atoms with van der Waals surface area (Å²) < 4.78 is 44.5. The summed E-state index contributed by atoms with van der Waals surface area (Å²) >= 11 is 0. The van der Waals surface area contributed by atoms with Crippen LogP contribution in [-0.2, 0) is 12.6 Å². The van der Waals surface area contributed by atoms with Gasteiger partial charge in [0.2, 0.25) is 0 Å². The van der Waals surface area contributed by atoms with Crippen LogP contribution in [0.5, 0.6) is 5.75 Å². The first-order chi connectivity index (χ1) is 14.9. The topological polar surface area (TPSA) is 71.1 Å². The predicted molar refractivity (Wildman–Crippen MR) is 107 cm³/mol. The third-order valence-corrected chi connectivity index (χ3v) is 5.25. The van der Waals surface area contributed by atoms with Crippen molar-refractivity contribution in [3.05, 3.63) is 77.4 Å². The van der Waals surface area contributed by atoms with Gasteiger partial charge in [-0.2, -0.15) is 18.3 Å². The normalized spacial score (nSPS) is 16.5. The van der Waals surface area contributed by atoms with Crippen LogP contribution in [0.4, 0.5) is 13.2 Å². The lowest BCUT2D eigenvalue weighted by atomic mass is 10.0. The zero-order chi connectivity index (χ0) is 21.8. The zero-order valence-electron chi connectivity index (χ0n) is 16.6. The predicted octanol–water partition coefficient (Wildman–Crippen LogP) is 4.07. The monoisotopic (exact) mass is 430 g/mol. The second kappa shape index (κ2) is 8.79. The summed E-state index contributed by atoms with van der Waals surface area (Å²) in [7, 11) is 0. The third kappa shape index (κ3) is 4.87. The van der Waals surface area contributed by atoms with Crippen molar-refractivity contribution < 1.29 is 22.7 Å². The molecule has 4 rings (SSSR count). The lowest BCUT2D eigenvalue weighted by Gasteiger charge is -2.15. The van der Waals surface area contributed by atoms with Gasteiger partial charge in [-0.25, -0.2) is 0 Å². The van der Waals surface area contributed by atoms with Crippen LogP contribution >= 0.6 is 0 Å². The Bertz CT molecular complexity index is 1040. The van der Waals surface area contributed by atoms with Gasteiger partial charge in [-0.15, -0.1) is 0 Å². The fourth-order valence-electron chi connectivity index (χ4n) is 3.65. The van der Waals surface area contributed by atoms with Crippen molar-refractivity contribution in [2.75, 3.05) is 19.7 Å². The van der Waals surface area contributed by atoms with Gasteiger partial charge in [0.15, 0.2) is 0 Å². The van der Waals surface area contributed by atoms with Crippen LogP contribution in [0.3, 0.4) is 0 Å². The van der Waals surface area contributed by atoms with Gasteiger partial charge in [-0.05, 0) is 36.8 Å². The van der Waals surface area contributed by atoms with E-state index in [0.29, 0.717) is 25.2 Å². The second-order valence-corrected chi connectivity index (χ2v) is 7.36. The molecule has 3 aromatic rings. The highest BCUT2D eigenvalue weighted by molar-refractivity contribution is 5.92. The molecule has 9 heteroatoms. The van der Waals surface area contributed by atoms with Crippen molar-refractivity contribution in [3.8, 4) is 5.75 Å². The number of ether oxygens (including phenoxy) is 1. The fourth-order valence-corrected chi connectivity index (χ4v) is 3.65. The van der Waals surface area contributed by atoms with Crippen LogP contribution in [0.2, 0.25) is 0 Å². The summed E-state index contributed by atoms with van der Waals surface area (Å²) in [5.41, 5.74) is 1.24. The molecule has 1 amide bonds. The maximum Gasteiger partial charge on any atom is 0.419 e. The number of halogens is 3. The van der Waals surface area contributed by atoms with Gasteiger partial charge in [0.25, 0.3) is 5.91 Å². The van der Waals surface area contributed by atoms with E-state index in [9.17, 15) is 18.0 Å². The number of aromatic amines is 1. The number of rotatable bonds is 6. The van der Waals surface area contributed by atoms with Crippen molar-refractivity contribution >= 4 is 5.91 Å². The fraction of sp³-hybridized carbons (Fsp3) is 0.318. The maximum atomic E-state index is 13.0. The van der Waals surface area contributed by atoms with E-state index in [1.807, 2.05) is 6.07 Å². The van der Waals surface area contributed by atoms with E-state index in [0.717, 1.165) is 23.9 Å². The molecule has 31 heavy (non-hydrogen) atoms. The smallest absolute Gasteiger partial charge is 0.419 e. The molecular formula is C22H21F3N4O2. The number of hydrogen-bond donors (Lipinski definition) is 1. The van der Waals surface area contributed by atoms with Crippen molar-refractivity contribution in [2.45, 2.75) is 24.9 Å². The number of carbonyl (C=O) groups excluding carboxylic acids is 1. The van der Waals surface area contributed by atoms with Crippen molar-refractivity contribution in [2.24, 2.45) is 0 Å². The molecule has 0 bridgehead atoms. The lowest BCUT2D eigenvalue weighted by Crippen LogP contribution is -2.29. The van der Waals surface area contributed by atoms with Gasteiger partial charge in [0.05, 0.1) is 17.9 Å². The number of H-pyrrole nitrogens is 1. The molecule has 0 spiro atoms. The Morgan fingerprint density at radius 2 is 2.00 bits per heavy atom. The Morgan fingerprint density at radius 3 is 2.77 bits per heavy atom. The van der Waals surface area contributed by atoms with E-state index >= 15 is 0 Å². The molecule has 1 aromatic carbocycles. The van der Waals surface area contributed by atoms with E-state index < -0.39 is 11.7 Å². The molecule has 6 nitrogen and oxygen atoms in total. The number of para-hydroxylation sites is 1.